The minimum absolute atomic E-state index is 0.403. The van der Waals surface area contributed by atoms with Gasteiger partial charge in [0.15, 0.2) is 0 Å². The van der Waals surface area contributed by atoms with E-state index < -0.39 is 0 Å². The van der Waals surface area contributed by atoms with Crippen molar-refractivity contribution >= 4 is 0 Å². The molecule has 3 heterocycles. The van der Waals surface area contributed by atoms with Gasteiger partial charge < -0.3 is 9.64 Å². The Bertz CT molecular complexity index is 388. The Hall–Kier alpha value is -0.980. The van der Waals surface area contributed by atoms with E-state index in [1.165, 1.54) is 0 Å². The highest BCUT2D eigenvalue weighted by Gasteiger charge is 2.39. The molecule has 0 radical (unpaired) electrons. The lowest BCUT2D eigenvalue weighted by atomic mass is 10.1. The molecule has 2 atom stereocenters. The van der Waals surface area contributed by atoms with Gasteiger partial charge in [0.2, 0.25) is 0 Å². The van der Waals surface area contributed by atoms with Gasteiger partial charge in [0.05, 0.1) is 12.2 Å². The molecule has 2 aliphatic heterocycles. The van der Waals surface area contributed by atoms with Crippen LogP contribution in [0.5, 0.6) is 0 Å². The molecule has 6 nitrogen and oxygen atoms in total. The molecule has 0 aliphatic carbocycles. The maximum absolute atomic E-state index is 5.47. The molecule has 1 aromatic rings. The van der Waals surface area contributed by atoms with Crippen LogP contribution in [0, 0.1) is 0 Å². The standard InChI is InChI=1S/C13H23N5O/c1-16(2)12-9-17(11-3-7-19-8-4-11)10-13(12)18-6-5-14-15-18/h5-6,11-13H,3-4,7-10H2,1-2H3/t12-,13+/m1/s1. The second-order valence-electron chi connectivity index (χ2n) is 5.78. The van der Waals surface area contributed by atoms with Gasteiger partial charge in [-0.25, -0.2) is 4.68 Å². The zero-order valence-corrected chi connectivity index (χ0v) is 11.8. The van der Waals surface area contributed by atoms with Crippen LogP contribution in [0.2, 0.25) is 0 Å². The topological polar surface area (TPSA) is 46.4 Å². The lowest BCUT2D eigenvalue weighted by Crippen LogP contribution is -2.40. The minimum Gasteiger partial charge on any atom is -0.381 e. The molecule has 0 aromatic carbocycles. The second kappa shape index (κ2) is 5.56. The van der Waals surface area contributed by atoms with E-state index in [2.05, 4.69) is 34.2 Å². The van der Waals surface area contributed by atoms with Crippen LogP contribution in [-0.4, -0.2) is 77.3 Å². The van der Waals surface area contributed by atoms with Gasteiger partial charge >= 0.3 is 0 Å². The van der Waals surface area contributed by atoms with Crippen molar-refractivity contribution in [1.29, 1.82) is 0 Å². The van der Waals surface area contributed by atoms with E-state index in [9.17, 15) is 0 Å². The van der Waals surface area contributed by atoms with Crippen LogP contribution in [0.15, 0.2) is 12.4 Å². The Morgan fingerprint density at radius 3 is 2.63 bits per heavy atom. The summed E-state index contributed by atoms with van der Waals surface area (Å²) >= 11 is 0. The zero-order chi connectivity index (χ0) is 13.2. The van der Waals surface area contributed by atoms with Crippen LogP contribution >= 0.6 is 0 Å². The van der Waals surface area contributed by atoms with Gasteiger partial charge in [0.1, 0.15) is 0 Å². The normalized spacial score (nSPS) is 30.3. The molecule has 0 N–H and O–H groups in total. The van der Waals surface area contributed by atoms with Crippen molar-refractivity contribution in [2.24, 2.45) is 0 Å². The highest BCUT2D eigenvalue weighted by atomic mass is 16.5. The molecule has 19 heavy (non-hydrogen) atoms. The predicted octanol–water partition coefficient (Wildman–Crippen LogP) is 0.244. The first-order chi connectivity index (χ1) is 9.25. The first-order valence-electron chi connectivity index (χ1n) is 7.09. The number of hydrogen-bond acceptors (Lipinski definition) is 5. The van der Waals surface area contributed by atoms with Gasteiger partial charge in [-0.15, -0.1) is 5.10 Å². The molecule has 6 heteroatoms. The number of aromatic nitrogens is 3. The molecular weight excluding hydrogens is 242 g/mol. The van der Waals surface area contributed by atoms with Crippen molar-refractivity contribution in [3.05, 3.63) is 12.4 Å². The van der Waals surface area contributed by atoms with Crippen LogP contribution in [0.25, 0.3) is 0 Å². The van der Waals surface area contributed by atoms with E-state index in [4.69, 9.17) is 4.74 Å². The summed E-state index contributed by atoms with van der Waals surface area (Å²) in [5.74, 6) is 0. The molecule has 2 aliphatic rings. The molecule has 3 rings (SSSR count). The van der Waals surface area contributed by atoms with E-state index >= 15 is 0 Å². The number of nitrogens with zero attached hydrogens (tertiary/aromatic N) is 5. The summed E-state index contributed by atoms with van der Waals surface area (Å²) in [7, 11) is 4.31. The number of likely N-dealkylation sites (N-methyl/N-ethyl adjacent to an activating group) is 1. The van der Waals surface area contributed by atoms with Crippen LogP contribution < -0.4 is 0 Å². The van der Waals surface area contributed by atoms with Crippen molar-refractivity contribution in [3.63, 3.8) is 0 Å². The molecule has 0 amide bonds. The Morgan fingerprint density at radius 2 is 2.00 bits per heavy atom. The number of hydrogen-bond donors (Lipinski definition) is 0. The first-order valence-corrected chi connectivity index (χ1v) is 7.09. The molecule has 0 spiro atoms. The Morgan fingerprint density at radius 1 is 1.21 bits per heavy atom. The molecule has 2 saturated heterocycles. The Labute approximate surface area is 114 Å². The maximum atomic E-state index is 5.47. The Kier molecular flexibility index (Phi) is 3.81. The predicted molar refractivity (Wildman–Crippen MR) is 71.9 cm³/mol. The zero-order valence-electron chi connectivity index (χ0n) is 11.8. The van der Waals surface area contributed by atoms with Crippen LogP contribution in [0.1, 0.15) is 18.9 Å². The Balaban J connectivity index is 1.73. The van der Waals surface area contributed by atoms with Gasteiger partial charge in [0, 0.05) is 44.6 Å². The van der Waals surface area contributed by atoms with Crippen LogP contribution in [0.3, 0.4) is 0 Å². The maximum Gasteiger partial charge on any atom is 0.0830 e. The summed E-state index contributed by atoms with van der Waals surface area (Å²) in [5.41, 5.74) is 0. The molecule has 2 fully saturated rings. The average molecular weight is 265 g/mol. The summed E-state index contributed by atoms with van der Waals surface area (Å²) in [6.45, 7) is 3.99. The lowest BCUT2D eigenvalue weighted by Gasteiger charge is -2.31. The van der Waals surface area contributed by atoms with Crippen molar-refractivity contribution in [2.75, 3.05) is 40.4 Å². The summed E-state index contributed by atoms with van der Waals surface area (Å²) in [6, 6.07) is 1.58. The van der Waals surface area contributed by atoms with Crippen molar-refractivity contribution in [1.82, 2.24) is 24.8 Å². The summed E-state index contributed by atoms with van der Waals surface area (Å²) in [4.78, 5) is 4.92. The van der Waals surface area contributed by atoms with Gasteiger partial charge in [0.25, 0.3) is 0 Å². The smallest absolute Gasteiger partial charge is 0.0830 e. The fraction of sp³-hybridized carbons (Fsp3) is 0.846. The van der Waals surface area contributed by atoms with Gasteiger partial charge in [-0.2, -0.15) is 0 Å². The average Bonchev–Trinajstić information content (AvgIpc) is 3.08. The molecule has 0 unspecified atom stereocenters. The quantitative estimate of drug-likeness (QED) is 0.784. The number of rotatable bonds is 3. The summed E-state index contributed by atoms with van der Waals surface area (Å²) < 4.78 is 7.49. The minimum atomic E-state index is 0.403. The van der Waals surface area contributed by atoms with Crippen molar-refractivity contribution < 1.29 is 4.74 Å². The fourth-order valence-corrected chi connectivity index (χ4v) is 3.31. The van der Waals surface area contributed by atoms with Gasteiger partial charge in [-0.1, -0.05) is 5.21 Å². The second-order valence-corrected chi connectivity index (χ2v) is 5.78. The van der Waals surface area contributed by atoms with Gasteiger partial charge in [-0.3, -0.25) is 4.90 Å². The molecule has 0 saturated carbocycles. The SMILES string of the molecule is CN(C)[C@@H]1CN(C2CCOCC2)C[C@@H]1n1ccnn1. The lowest BCUT2D eigenvalue weighted by molar-refractivity contribution is 0.0399. The molecule has 106 valence electrons. The molecule has 1 aromatic heterocycles. The summed E-state index contributed by atoms with van der Waals surface area (Å²) in [6.07, 6.45) is 6.06. The van der Waals surface area contributed by atoms with Crippen LogP contribution in [0.4, 0.5) is 0 Å². The molecular formula is C13H23N5O. The molecule has 0 bridgehead atoms. The monoisotopic (exact) mass is 265 g/mol. The third-order valence-electron chi connectivity index (χ3n) is 4.44. The van der Waals surface area contributed by atoms with E-state index in [0.29, 0.717) is 18.1 Å². The number of ether oxygens (including phenoxy) is 1. The number of likely N-dealkylation sites (tertiary alicyclic amines) is 1. The summed E-state index contributed by atoms with van der Waals surface area (Å²) in [5, 5.41) is 8.15. The van der Waals surface area contributed by atoms with Gasteiger partial charge in [-0.05, 0) is 26.9 Å². The largest absolute Gasteiger partial charge is 0.381 e. The third-order valence-corrected chi connectivity index (χ3v) is 4.44. The fourth-order valence-electron chi connectivity index (χ4n) is 3.31. The van der Waals surface area contributed by atoms with E-state index in [1.54, 1.807) is 6.20 Å². The van der Waals surface area contributed by atoms with E-state index in [0.717, 1.165) is 39.1 Å². The highest BCUT2D eigenvalue weighted by molar-refractivity contribution is 4.95. The third kappa shape index (κ3) is 2.66. The van der Waals surface area contributed by atoms with E-state index in [-0.39, 0.29) is 0 Å². The van der Waals surface area contributed by atoms with Crippen LogP contribution in [-0.2, 0) is 4.74 Å². The first kappa shape index (κ1) is 13.0. The highest BCUT2D eigenvalue weighted by Crippen LogP contribution is 2.28. The van der Waals surface area contributed by atoms with Crippen molar-refractivity contribution in [2.45, 2.75) is 31.0 Å². The van der Waals surface area contributed by atoms with E-state index in [1.807, 2.05) is 10.9 Å². The van der Waals surface area contributed by atoms with Crippen molar-refractivity contribution in [3.8, 4) is 0 Å².